The Kier molecular flexibility index (Phi) is 4.33. The minimum Gasteiger partial charge on any atom is -0.497 e. The molecule has 0 N–H and O–H groups in total. The van der Waals surface area contributed by atoms with Crippen molar-refractivity contribution in [3.63, 3.8) is 0 Å². The SMILES string of the molecule is COc1ccc([C@@H]2CCCN2c2ccc(C#N)cn2)c(OC)c1. The van der Waals surface area contributed by atoms with E-state index in [1.165, 1.54) is 0 Å². The Morgan fingerprint density at radius 2 is 2.09 bits per heavy atom. The van der Waals surface area contributed by atoms with Crippen LogP contribution in [0.4, 0.5) is 5.82 Å². The van der Waals surface area contributed by atoms with Gasteiger partial charge < -0.3 is 14.4 Å². The molecule has 23 heavy (non-hydrogen) atoms. The summed E-state index contributed by atoms with van der Waals surface area (Å²) in [5.41, 5.74) is 1.71. The van der Waals surface area contributed by atoms with Gasteiger partial charge in [0.05, 0.1) is 25.8 Å². The maximum atomic E-state index is 8.91. The normalized spacial score (nSPS) is 16.9. The number of rotatable bonds is 4. The van der Waals surface area contributed by atoms with Crippen LogP contribution in [0.5, 0.6) is 11.5 Å². The van der Waals surface area contributed by atoms with Crippen molar-refractivity contribution in [3.05, 3.63) is 47.7 Å². The molecule has 0 bridgehead atoms. The zero-order chi connectivity index (χ0) is 16.2. The molecule has 1 atom stereocenters. The molecule has 3 rings (SSSR count). The molecule has 5 nitrogen and oxygen atoms in total. The minimum atomic E-state index is 0.219. The third kappa shape index (κ3) is 2.93. The third-order valence-corrected chi connectivity index (χ3v) is 4.22. The summed E-state index contributed by atoms with van der Waals surface area (Å²) in [5, 5.41) is 8.91. The Balaban J connectivity index is 1.93. The van der Waals surface area contributed by atoms with Crippen molar-refractivity contribution in [2.45, 2.75) is 18.9 Å². The molecule has 1 aromatic heterocycles. The zero-order valence-corrected chi connectivity index (χ0v) is 13.3. The predicted octanol–water partition coefficient (Wildman–Crippen LogP) is 3.31. The topological polar surface area (TPSA) is 58.4 Å². The number of ether oxygens (including phenoxy) is 2. The first-order chi connectivity index (χ1) is 11.3. The van der Waals surface area contributed by atoms with Crippen molar-refractivity contribution in [1.29, 1.82) is 5.26 Å². The number of nitrogens with zero attached hydrogens (tertiary/aromatic N) is 3. The molecule has 1 aliphatic heterocycles. The fourth-order valence-corrected chi connectivity index (χ4v) is 3.08. The second-order valence-electron chi connectivity index (χ2n) is 5.48. The van der Waals surface area contributed by atoms with Crippen LogP contribution in [0, 0.1) is 11.3 Å². The highest BCUT2D eigenvalue weighted by atomic mass is 16.5. The molecular formula is C18H19N3O2. The van der Waals surface area contributed by atoms with Gasteiger partial charge in [0, 0.05) is 24.4 Å². The van der Waals surface area contributed by atoms with Crippen molar-refractivity contribution >= 4 is 5.82 Å². The van der Waals surface area contributed by atoms with Crippen molar-refractivity contribution in [2.24, 2.45) is 0 Å². The molecule has 0 saturated carbocycles. The van der Waals surface area contributed by atoms with E-state index >= 15 is 0 Å². The first-order valence-electron chi connectivity index (χ1n) is 7.61. The van der Waals surface area contributed by atoms with Gasteiger partial charge in [0.15, 0.2) is 0 Å². The lowest BCUT2D eigenvalue weighted by atomic mass is 10.0. The summed E-state index contributed by atoms with van der Waals surface area (Å²) in [4.78, 5) is 6.70. The van der Waals surface area contributed by atoms with Gasteiger partial charge >= 0.3 is 0 Å². The molecule has 118 valence electrons. The van der Waals surface area contributed by atoms with Crippen LogP contribution in [0.15, 0.2) is 36.5 Å². The van der Waals surface area contributed by atoms with Gasteiger partial charge in [0.25, 0.3) is 0 Å². The summed E-state index contributed by atoms with van der Waals surface area (Å²) in [6.07, 6.45) is 3.77. The number of methoxy groups -OCH3 is 2. The highest BCUT2D eigenvalue weighted by molar-refractivity contribution is 5.50. The van der Waals surface area contributed by atoms with Crippen molar-refractivity contribution in [2.75, 3.05) is 25.7 Å². The molecule has 1 fully saturated rings. The summed E-state index contributed by atoms with van der Waals surface area (Å²) in [6.45, 7) is 0.943. The van der Waals surface area contributed by atoms with E-state index in [0.29, 0.717) is 5.56 Å². The van der Waals surface area contributed by atoms with Gasteiger partial charge in [-0.15, -0.1) is 0 Å². The second-order valence-corrected chi connectivity index (χ2v) is 5.48. The standard InChI is InChI=1S/C18H19N3O2/c1-22-14-6-7-15(17(10-14)23-2)16-4-3-9-21(16)18-8-5-13(11-19)12-20-18/h5-8,10,12,16H,3-4,9H2,1-2H3/t16-/m0/s1. The quantitative estimate of drug-likeness (QED) is 0.867. The number of aromatic nitrogens is 1. The number of nitriles is 1. The lowest BCUT2D eigenvalue weighted by molar-refractivity contribution is 0.388. The number of hydrogen-bond acceptors (Lipinski definition) is 5. The number of anilines is 1. The van der Waals surface area contributed by atoms with E-state index in [0.717, 1.165) is 42.3 Å². The van der Waals surface area contributed by atoms with Gasteiger partial charge in [-0.2, -0.15) is 5.26 Å². The van der Waals surface area contributed by atoms with E-state index < -0.39 is 0 Å². The van der Waals surface area contributed by atoms with E-state index in [-0.39, 0.29) is 6.04 Å². The molecule has 5 heteroatoms. The smallest absolute Gasteiger partial charge is 0.129 e. The van der Waals surface area contributed by atoms with Crippen molar-refractivity contribution in [1.82, 2.24) is 4.98 Å². The fraction of sp³-hybridized carbons (Fsp3) is 0.333. The van der Waals surface area contributed by atoms with Crippen LogP contribution >= 0.6 is 0 Å². The molecule has 2 heterocycles. The first kappa shape index (κ1) is 15.2. The second kappa shape index (κ2) is 6.57. The lowest BCUT2D eigenvalue weighted by Gasteiger charge is -2.27. The summed E-state index contributed by atoms with van der Waals surface area (Å²) >= 11 is 0. The first-order valence-corrected chi connectivity index (χ1v) is 7.61. The fourth-order valence-electron chi connectivity index (χ4n) is 3.08. The van der Waals surface area contributed by atoms with Crippen LogP contribution < -0.4 is 14.4 Å². The van der Waals surface area contributed by atoms with Crippen LogP contribution in [-0.2, 0) is 0 Å². The van der Waals surface area contributed by atoms with Gasteiger partial charge in [-0.25, -0.2) is 4.98 Å². The average molecular weight is 309 g/mol. The zero-order valence-electron chi connectivity index (χ0n) is 13.3. The Hall–Kier alpha value is -2.74. The molecule has 1 aromatic carbocycles. The maximum absolute atomic E-state index is 8.91. The Morgan fingerprint density at radius 3 is 2.74 bits per heavy atom. The maximum Gasteiger partial charge on any atom is 0.129 e. The summed E-state index contributed by atoms with van der Waals surface area (Å²) in [6, 6.07) is 12.0. The van der Waals surface area contributed by atoms with Crippen molar-refractivity contribution in [3.8, 4) is 17.6 Å². The molecule has 2 aromatic rings. The van der Waals surface area contributed by atoms with Gasteiger partial charge in [-0.1, -0.05) is 0 Å². The predicted molar refractivity (Wildman–Crippen MR) is 87.8 cm³/mol. The Labute approximate surface area is 136 Å². The Bertz CT molecular complexity index is 722. The average Bonchev–Trinajstić information content (AvgIpc) is 3.10. The largest absolute Gasteiger partial charge is 0.497 e. The third-order valence-electron chi connectivity index (χ3n) is 4.22. The lowest BCUT2D eigenvalue weighted by Crippen LogP contribution is -2.23. The number of pyridine rings is 1. The van der Waals surface area contributed by atoms with Crippen LogP contribution in [0.2, 0.25) is 0 Å². The molecule has 0 radical (unpaired) electrons. The van der Waals surface area contributed by atoms with E-state index in [9.17, 15) is 0 Å². The molecule has 1 aliphatic rings. The van der Waals surface area contributed by atoms with E-state index in [2.05, 4.69) is 22.0 Å². The van der Waals surface area contributed by atoms with Crippen LogP contribution in [-0.4, -0.2) is 25.7 Å². The van der Waals surface area contributed by atoms with E-state index in [1.807, 2.05) is 24.3 Å². The van der Waals surface area contributed by atoms with Gasteiger partial charge in [-0.3, -0.25) is 0 Å². The molecule has 1 saturated heterocycles. The minimum absolute atomic E-state index is 0.219. The number of hydrogen-bond donors (Lipinski definition) is 0. The summed E-state index contributed by atoms with van der Waals surface area (Å²) in [7, 11) is 3.33. The van der Waals surface area contributed by atoms with Crippen LogP contribution in [0.25, 0.3) is 0 Å². The van der Waals surface area contributed by atoms with Gasteiger partial charge in [0.1, 0.15) is 23.4 Å². The molecule has 0 unspecified atom stereocenters. The molecule has 0 spiro atoms. The van der Waals surface area contributed by atoms with Crippen LogP contribution in [0.3, 0.4) is 0 Å². The van der Waals surface area contributed by atoms with Crippen LogP contribution in [0.1, 0.15) is 30.0 Å². The monoisotopic (exact) mass is 309 g/mol. The van der Waals surface area contributed by atoms with Gasteiger partial charge in [-0.05, 0) is 37.1 Å². The molecule has 0 aliphatic carbocycles. The Morgan fingerprint density at radius 1 is 1.22 bits per heavy atom. The molecule has 0 amide bonds. The van der Waals surface area contributed by atoms with E-state index in [4.69, 9.17) is 14.7 Å². The van der Waals surface area contributed by atoms with Crippen molar-refractivity contribution < 1.29 is 9.47 Å². The van der Waals surface area contributed by atoms with E-state index in [1.54, 1.807) is 20.4 Å². The summed E-state index contributed by atoms with van der Waals surface area (Å²) < 4.78 is 10.8. The van der Waals surface area contributed by atoms with Gasteiger partial charge in [0.2, 0.25) is 0 Å². The number of benzene rings is 1. The highest BCUT2D eigenvalue weighted by Crippen LogP contribution is 2.40. The highest BCUT2D eigenvalue weighted by Gasteiger charge is 2.29. The summed E-state index contributed by atoms with van der Waals surface area (Å²) in [5.74, 6) is 2.51. The molecular weight excluding hydrogens is 290 g/mol.